The van der Waals surface area contributed by atoms with Crippen LogP contribution < -0.4 is 5.32 Å². The molecule has 0 aromatic carbocycles. The van der Waals surface area contributed by atoms with Crippen molar-refractivity contribution in [3.8, 4) is 0 Å². The quantitative estimate of drug-likeness (QED) is 0.884. The molecule has 0 atom stereocenters. The molecule has 0 aliphatic carbocycles. The summed E-state index contributed by atoms with van der Waals surface area (Å²) >= 11 is 3.36. The predicted octanol–water partition coefficient (Wildman–Crippen LogP) is 1.62. The Bertz CT molecular complexity index is 414. The fourth-order valence-electron chi connectivity index (χ4n) is 1.18. The van der Waals surface area contributed by atoms with E-state index in [1.54, 1.807) is 12.4 Å². The topological polar surface area (TPSA) is 66.5 Å². The van der Waals surface area contributed by atoms with Gasteiger partial charge in [-0.2, -0.15) is 0 Å². The maximum Gasteiger partial charge on any atom is 0.143 e. The van der Waals surface area contributed by atoms with Gasteiger partial charge in [-0.3, -0.25) is 0 Å². The first-order chi connectivity index (χ1) is 7.36. The van der Waals surface area contributed by atoms with Crippen LogP contribution >= 0.6 is 15.9 Å². The van der Waals surface area contributed by atoms with Crippen molar-refractivity contribution >= 4 is 21.7 Å². The summed E-state index contributed by atoms with van der Waals surface area (Å²) in [6.07, 6.45) is 7.62. The average Bonchev–Trinajstić information content (AvgIpc) is 2.74. The third kappa shape index (κ3) is 2.76. The van der Waals surface area contributed by atoms with Crippen molar-refractivity contribution in [2.24, 2.45) is 0 Å². The third-order valence-corrected chi connectivity index (χ3v) is 2.46. The molecule has 2 aromatic heterocycles. The number of rotatable bonds is 4. The molecule has 0 radical (unpaired) electrons. The zero-order chi connectivity index (χ0) is 10.5. The minimum atomic E-state index is 0.781. The fourth-order valence-corrected chi connectivity index (χ4v) is 1.54. The van der Waals surface area contributed by atoms with Crippen molar-refractivity contribution in [1.82, 2.24) is 19.9 Å². The average molecular weight is 268 g/mol. The Morgan fingerprint density at radius 2 is 2.33 bits per heavy atom. The minimum absolute atomic E-state index is 0.781. The lowest BCUT2D eigenvalue weighted by molar-refractivity contribution is 0.918. The summed E-state index contributed by atoms with van der Waals surface area (Å²) in [4.78, 5) is 15.2. The van der Waals surface area contributed by atoms with Crippen LogP contribution in [-0.4, -0.2) is 26.5 Å². The molecule has 0 aliphatic heterocycles. The van der Waals surface area contributed by atoms with E-state index >= 15 is 0 Å². The van der Waals surface area contributed by atoms with Gasteiger partial charge in [0.1, 0.15) is 18.0 Å². The zero-order valence-electron chi connectivity index (χ0n) is 7.94. The Labute approximate surface area is 95.5 Å². The number of hydrogen-bond donors (Lipinski definition) is 2. The molecule has 0 fully saturated rings. The Morgan fingerprint density at radius 3 is 3.07 bits per heavy atom. The molecule has 2 N–H and O–H groups in total. The lowest BCUT2D eigenvalue weighted by atomic mass is 10.4. The number of anilines is 1. The maximum atomic E-state index is 4.13. The molecule has 6 heteroatoms. The molecule has 15 heavy (non-hydrogen) atoms. The summed E-state index contributed by atoms with van der Waals surface area (Å²) in [6, 6.07) is 0. The molecule has 0 amide bonds. The zero-order valence-corrected chi connectivity index (χ0v) is 9.53. The molecule has 2 heterocycles. The number of aromatic amines is 1. The van der Waals surface area contributed by atoms with Crippen LogP contribution in [0.2, 0.25) is 0 Å². The second kappa shape index (κ2) is 4.88. The van der Waals surface area contributed by atoms with E-state index in [1.165, 1.54) is 6.33 Å². The van der Waals surface area contributed by atoms with Crippen molar-refractivity contribution in [2.75, 3.05) is 11.9 Å². The Hall–Kier alpha value is -1.43. The van der Waals surface area contributed by atoms with E-state index in [0.717, 1.165) is 29.1 Å². The smallest absolute Gasteiger partial charge is 0.143 e. The highest BCUT2D eigenvalue weighted by molar-refractivity contribution is 9.10. The normalized spacial score (nSPS) is 10.2. The van der Waals surface area contributed by atoms with Gasteiger partial charge in [-0.15, -0.1) is 0 Å². The molecule has 2 rings (SSSR count). The van der Waals surface area contributed by atoms with Gasteiger partial charge in [0.2, 0.25) is 0 Å². The number of imidazole rings is 1. The number of aromatic nitrogens is 4. The number of halogens is 1. The standard InChI is InChI=1S/C9H10BrN5/c10-7-5-11-6-15-9(7)14-2-1-8-12-3-4-13-8/h3-6H,1-2H2,(H,12,13)(H,11,14,15). The lowest BCUT2D eigenvalue weighted by Gasteiger charge is -2.04. The molecule has 0 unspecified atom stereocenters. The highest BCUT2D eigenvalue weighted by Crippen LogP contribution is 2.16. The van der Waals surface area contributed by atoms with Crippen LogP contribution in [0.15, 0.2) is 29.4 Å². The van der Waals surface area contributed by atoms with Gasteiger partial charge in [-0.05, 0) is 15.9 Å². The van der Waals surface area contributed by atoms with Gasteiger partial charge in [0.05, 0.1) is 4.47 Å². The van der Waals surface area contributed by atoms with E-state index in [1.807, 2.05) is 6.20 Å². The summed E-state index contributed by atoms with van der Waals surface area (Å²) < 4.78 is 0.865. The number of nitrogens with zero attached hydrogens (tertiary/aromatic N) is 3. The molecular formula is C9H10BrN5. The van der Waals surface area contributed by atoms with Crippen molar-refractivity contribution in [3.63, 3.8) is 0 Å². The van der Waals surface area contributed by atoms with Crippen molar-refractivity contribution in [1.29, 1.82) is 0 Å². The molecule has 2 aromatic rings. The van der Waals surface area contributed by atoms with Crippen LogP contribution in [-0.2, 0) is 6.42 Å². The minimum Gasteiger partial charge on any atom is -0.369 e. The molecule has 5 nitrogen and oxygen atoms in total. The largest absolute Gasteiger partial charge is 0.369 e. The van der Waals surface area contributed by atoms with Crippen LogP contribution in [0.5, 0.6) is 0 Å². The van der Waals surface area contributed by atoms with Crippen LogP contribution in [0.3, 0.4) is 0 Å². The highest BCUT2D eigenvalue weighted by atomic mass is 79.9. The summed E-state index contributed by atoms with van der Waals surface area (Å²) in [5.74, 6) is 1.77. The summed E-state index contributed by atoms with van der Waals surface area (Å²) in [7, 11) is 0. The molecule has 0 bridgehead atoms. The van der Waals surface area contributed by atoms with Gasteiger partial charge in [0.25, 0.3) is 0 Å². The second-order valence-corrected chi connectivity index (χ2v) is 3.79. The van der Waals surface area contributed by atoms with Crippen molar-refractivity contribution in [3.05, 3.63) is 35.2 Å². The molecular weight excluding hydrogens is 258 g/mol. The van der Waals surface area contributed by atoms with Crippen molar-refractivity contribution in [2.45, 2.75) is 6.42 Å². The first kappa shape index (κ1) is 10.1. The summed E-state index contributed by atoms with van der Waals surface area (Å²) in [5, 5.41) is 3.19. The molecule has 0 aliphatic rings. The summed E-state index contributed by atoms with van der Waals surface area (Å²) in [5.41, 5.74) is 0. The van der Waals surface area contributed by atoms with E-state index in [2.05, 4.69) is 41.2 Å². The van der Waals surface area contributed by atoms with Crippen LogP contribution in [0.4, 0.5) is 5.82 Å². The van der Waals surface area contributed by atoms with Gasteiger partial charge in [-0.1, -0.05) is 0 Å². The van der Waals surface area contributed by atoms with Gasteiger partial charge in [0, 0.05) is 31.6 Å². The van der Waals surface area contributed by atoms with Crippen molar-refractivity contribution < 1.29 is 0 Å². The molecule has 0 spiro atoms. The fraction of sp³-hybridized carbons (Fsp3) is 0.222. The summed E-state index contributed by atoms with van der Waals surface area (Å²) in [6.45, 7) is 0.781. The second-order valence-electron chi connectivity index (χ2n) is 2.93. The lowest BCUT2D eigenvalue weighted by Crippen LogP contribution is -2.07. The third-order valence-electron chi connectivity index (χ3n) is 1.88. The van der Waals surface area contributed by atoms with E-state index < -0.39 is 0 Å². The predicted molar refractivity (Wildman–Crippen MR) is 60.5 cm³/mol. The van der Waals surface area contributed by atoms with E-state index in [9.17, 15) is 0 Å². The van der Waals surface area contributed by atoms with Gasteiger partial charge < -0.3 is 10.3 Å². The SMILES string of the molecule is Brc1cncnc1NCCc1ncc[nH]1. The Kier molecular flexibility index (Phi) is 3.29. The molecule has 0 saturated heterocycles. The maximum absolute atomic E-state index is 4.13. The highest BCUT2D eigenvalue weighted by Gasteiger charge is 2.00. The van der Waals surface area contributed by atoms with Crippen LogP contribution in [0, 0.1) is 0 Å². The number of H-pyrrole nitrogens is 1. The van der Waals surface area contributed by atoms with Gasteiger partial charge in [-0.25, -0.2) is 15.0 Å². The number of hydrogen-bond acceptors (Lipinski definition) is 4. The number of nitrogens with one attached hydrogen (secondary N) is 2. The van der Waals surface area contributed by atoms with E-state index in [0.29, 0.717) is 0 Å². The van der Waals surface area contributed by atoms with Gasteiger partial charge >= 0.3 is 0 Å². The molecule has 78 valence electrons. The van der Waals surface area contributed by atoms with E-state index in [-0.39, 0.29) is 0 Å². The monoisotopic (exact) mass is 267 g/mol. The Morgan fingerprint density at radius 1 is 1.40 bits per heavy atom. The Balaban J connectivity index is 1.86. The first-order valence-electron chi connectivity index (χ1n) is 4.54. The molecule has 0 saturated carbocycles. The van der Waals surface area contributed by atoms with Gasteiger partial charge in [0.15, 0.2) is 0 Å². The van der Waals surface area contributed by atoms with Crippen LogP contribution in [0.1, 0.15) is 5.82 Å². The van der Waals surface area contributed by atoms with E-state index in [4.69, 9.17) is 0 Å². The first-order valence-corrected chi connectivity index (χ1v) is 5.33. The van der Waals surface area contributed by atoms with Crippen LogP contribution in [0.25, 0.3) is 0 Å².